The maximum absolute atomic E-state index is 9.66. The fourth-order valence-electron chi connectivity index (χ4n) is 1.87. The molecule has 0 aromatic rings. The smallest absolute Gasteiger partial charge is 0.0542 e. The number of hydrogen-bond acceptors (Lipinski definition) is 2. The van der Waals surface area contributed by atoms with E-state index in [0.717, 1.165) is 44.9 Å². The fraction of sp³-hybridized carbons (Fsp3) is 1.00. The van der Waals surface area contributed by atoms with Gasteiger partial charge >= 0.3 is 0 Å². The molecule has 0 saturated heterocycles. The van der Waals surface area contributed by atoms with Crippen LogP contribution in [0.4, 0.5) is 0 Å². The van der Waals surface area contributed by atoms with Gasteiger partial charge in [-0.05, 0) is 25.2 Å². The van der Waals surface area contributed by atoms with Gasteiger partial charge in [-0.1, -0.05) is 39.5 Å². The van der Waals surface area contributed by atoms with Gasteiger partial charge < -0.3 is 10.2 Å². The minimum absolute atomic E-state index is 0.112. The Morgan fingerprint density at radius 1 is 1.07 bits per heavy atom. The molecule has 14 heavy (non-hydrogen) atoms. The van der Waals surface area contributed by atoms with Crippen LogP contribution in [0, 0.1) is 5.92 Å². The Morgan fingerprint density at radius 2 is 1.79 bits per heavy atom. The Kier molecular flexibility index (Phi) is 9.42. The number of hydrogen-bond donors (Lipinski definition) is 2. The van der Waals surface area contributed by atoms with Crippen LogP contribution in [0.15, 0.2) is 0 Å². The lowest BCUT2D eigenvalue weighted by atomic mass is 9.92. The van der Waals surface area contributed by atoms with Gasteiger partial charge in [0.2, 0.25) is 0 Å². The molecule has 0 spiro atoms. The Bertz CT molecular complexity index is 115. The topological polar surface area (TPSA) is 40.5 Å². The molecule has 0 amide bonds. The normalized spacial score (nSPS) is 15.4. The molecule has 0 saturated carbocycles. The summed E-state index contributed by atoms with van der Waals surface area (Å²) in [5, 5.41) is 18.3. The summed E-state index contributed by atoms with van der Waals surface area (Å²) in [5.41, 5.74) is 0. The first kappa shape index (κ1) is 13.9. The van der Waals surface area contributed by atoms with Gasteiger partial charge in [0.25, 0.3) is 0 Å². The Balaban J connectivity index is 3.55. The van der Waals surface area contributed by atoms with Crippen LogP contribution in [0.2, 0.25) is 0 Å². The van der Waals surface area contributed by atoms with Crippen molar-refractivity contribution in [3.8, 4) is 0 Å². The van der Waals surface area contributed by atoms with Crippen molar-refractivity contribution in [2.24, 2.45) is 5.92 Å². The molecule has 2 N–H and O–H groups in total. The third-order valence-corrected chi connectivity index (χ3v) is 2.83. The van der Waals surface area contributed by atoms with E-state index in [1.165, 1.54) is 0 Å². The summed E-state index contributed by atoms with van der Waals surface area (Å²) >= 11 is 0. The summed E-state index contributed by atoms with van der Waals surface area (Å²) in [6.07, 6.45) is 7.11. The molecule has 2 nitrogen and oxygen atoms in total. The molecule has 0 aromatic carbocycles. The van der Waals surface area contributed by atoms with Gasteiger partial charge in [-0.25, -0.2) is 0 Å². The molecule has 0 aliphatic heterocycles. The van der Waals surface area contributed by atoms with Crippen molar-refractivity contribution in [1.29, 1.82) is 0 Å². The predicted octanol–water partition coefficient (Wildman–Crippen LogP) is 2.73. The zero-order chi connectivity index (χ0) is 10.8. The standard InChI is InChI=1S/C12H26O2/c1-3-7-12(14)10-11(4-2)8-5-6-9-13/h11-14H,3-10H2,1-2H3. The zero-order valence-corrected chi connectivity index (χ0v) is 9.71. The summed E-state index contributed by atoms with van der Waals surface area (Å²) in [5.74, 6) is 0.642. The van der Waals surface area contributed by atoms with E-state index in [0.29, 0.717) is 12.5 Å². The van der Waals surface area contributed by atoms with Crippen LogP contribution in [-0.2, 0) is 0 Å². The van der Waals surface area contributed by atoms with E-state index in [1.807, 2.05) is 0 Å². The van der Waals surface area contributed by atoms with E-state index in [9.17, 15) is 5.11 Å². The molecular weight excluding hydrogens is 176 g/mol. The van der Waals surface area contributed by atoms with Crippen LogP contribution >= 0.6 is 0 Å². The maximum Gasteiger partial charge on any atom is 0.0542 e. The van der Waals surface area contributed by atoms with Crippen molar-refractivity contribution in [2.75, 3.05) is 6.61 Å². The number of rotatable bonds is 9. The van der Waals surface area contributed by atoms with Crippen LogP contribution in [0.25, 0.3) is 0 Å². The second-order valence-electron chi connectivity index (χ2n) is 4.17. The van der Waals surface area contributed by atoms with Crippen LogP contribution in [-0.4, -0.2) is 22.9 Å². The van der Waals surface area contributed by atoms with Crippen LogP contribution < -0.4 is 0 Å². The molecule has 86 valence electrons. The average molecular weight is 202 g/mol. The molecule has 2 heteroatoms. The van der Waals surface area contributed by atoms with Crippen molar-refractivity contribution in [2.45, 2.75) is 64.9 Å². The van der Waals surface area contributed by atoms with Crippen LogP contribution in [0.1, 0.15) is 58.8 Å². The molecule has 0 aromatic heterocycles. The molecule has 0 aliphatic rings. The van der Waals surface area contributed by atoms with Gasteiger partial charge in [0.05, 0.1) is 6.10 Å². The highest BCUT2D eigenvalue weighted by molar-refractivity contribution is 4.64. The summed E-state index contributed by atoms with van der Waals surface area (Å²) in [7, 11) is 0. The number of unbranched alkanes of at least 4 members (excludes halogenated alkanes) is 1. The van der Waals surface area contributed by atoms with Gasteiger partial charge in [0.1, 0.15) is 0 Å². The van der Waals surface area contributed by atoms with Gasteiger partial charge in [0.15, 0.2) is 0 Å². The number of aliphatic hydroxyl groups is 2. The van der Waals surface area contributed by atoms with E-state index in [2.05, 4.69) is 13.8 Å². The second-order valence-corrected chi connectivity index (χ2v) is 4.17. The average Bonchev–Trinajstić information content (AvgIpc) is 2.17. The zero-order valence-electron chi connectivity index (χ0n) is 9.71. The first-order valence-corrected chi connectivity index (χ1v) is 6.03. The second kappa shape index (κ2) is 9.47. The van der Waals surface area contributed by atoms with Crippen molar-refractivity contribution in [3.63, 3.8) is 0 Å². The lowest BCUT2D eigenvalue weighted by Gasteiger charge is -2.18. The summed E-state index contributed by atoms with van der Waals surface area (Å²) < 4.78 is 0. The number of aliphatic hydroxyl groups excluding tert-OH is 2. The van der Waals surface area contributed by atoms with E-state index in [4.69, 9.17) is 5.11 Å². The van der Waals surface area contributed by atoms with Gasteiger partial charge in [-0.2, -0.15) is 0 Å². The molecule has 0 radical (unpaired) electrons. The summed E-state index contributed by atoms with van der Waals surface area (Å²) in [6, 6.07) is 0. The molecule has 0 rings (SSSR count). The fourth-order valence-corrected chi connectivity index (χ4v) is 1.87. The lowest BCUT2D eigenvalue weighted by molar-refractivity contribution is 0.127. The molecular formula is C12H26O2. The van der Waals surface area contributed by atoms with Crippen molar-refractivity contribution >= 4 is 0 Å². The highest BCUT2D eigenvalue weighted by Crippen LogP contribution is 2.20. The van der Waals surface area contributed by atoms with Crippen LogP contribution in [0.5, 0.6) is 0 Å². The highest BCUT2D eigenvalue weighted by atomic mass is 16.3. The summed E-state index contributed by atoms with van der Waals surface area (Å²) in [6.45, 7) is 4.59. The maximum atomic E-state index is 9.66. The first-order chi connectivity index (χ1) is 6.74. The molecule has 0 bridgehead atoms. The van der Waals surface area contributed by atoms with Gasteiger partial charge in [0, 0.05) is 6.61 Å². The van der Waals surface area contributed by atoms with E-state index in [1.54, 1.807) is 0 Å². The largest absolute Gasteiger partial charge is 0.396 e. The molecule has 2 atom stereocenters. The monoisotopic (exact) mass is 202 g/mol. The molecule has 0 fully saturated rings. The minimum atomic E-state index is -0.112. The Morgan fingerprint density at radius 3 is 2.29 bits per heavy atom. The van der Waals surface area contributed by atoms with E-state index < -0.39 is 0 Å². The Hall–Kier alpha value is -0.0800. The third kappa shape index (κ3) is 7.34. The van der Waals surface area contributed by atoms with Crippen molar-refractivity contribution in [3.05, 3.63) is 0 Å². The quantitative estimate of drug-likeness (QED) is 0.564. The molecule has 0 aliphatic carbocycles. The van der Waals surface area contributed by atoms with Gasteiger partial charge in [-0.15, -0.1) is 0 Å². The van der Waals surface area contributed by atoms with E-state index in [-0.39, 0.29) is 6.10 Å². The summed E-state index contributed by atoms with van der Waals surface area (Å²) in [4.78, 5) is 0. The van der Waals surface area contributed by atoms with Crippen LogP contribution in [0.3, 0.4) is 0 Å². The Labute approximate surface area is 88.3 Å². The molecule has 2 unspecified atom stereocenters. The predicted molar refractivity (Wildman–Crippen MR) is 60.2 cm³/mol. The first-order valence-electron chi connectivity index (χ1n) is 6.03. The van der Waals surface area contributed by atoms with Crippen molar-refractivity contribution < 1.29 is 10.2 Å². The lowest BCUT2D eigenvalue weighted by Crippen LogP contribution is -2.13. The highest BCUT2D eigenvalue weighted by Gasteiger charge is 2.11. The third-order valence-electron chi connectivity index (χ3n) is 2.83. The molecule has 0 heterocycles. The van der Waals surface area contributed by atoms with Crippen molar-refractivity contribution in [1.82, 2.24) is 0 Å². The minimum Gasteiger partial charge on any atom is -0.396 e. The van der Waals surface area contributed by atoms with E-state index >= 15 is 0 Å². The SMILES string of the molecule is CCCC(O)CC(CC)CCCCO. The van der Waals surface area contributed by atoms with Gasteiger partial charge in [-0.3, -0.25) is 0 Å².